The van der Waals surface area contributed by atoms with Crippen LogP contribution < -0.4 is 4.74 Å². The molecule has 0 spiro atoms. The van der Waals surface area contributed by atoms with Crippen molar-refractivity contribution in [1.82, 2.24) is 0 Å². The van der Waals surface area contributed by atoms with Crippen LogP contribution in [0, 0.1) is 5.92 Å². The van der Waals surface area contributed by atoms with Crippen molar-refractivity contribution < 1.29 is 9.84 Å². The van der Waals surface area contributed by atoms with Crippen LogP contribution in [0.5, 0.6) is 5.75 Å². The van der Waals surface area contributed by atoms with Crippen LogP contribution in [0.2, 0.25) is 0 Å². The second kappa shape index (κ2) is 7.13. The van der Waals surface area contributed by atoms with Gasteiger partial charge in [-0.05, 0) is 36.5 Å². The van der Waals surface area contributed by atoms with Gasteiger partial charge in [0.15, 0.2) is 0 Å². The van der Waals surface area contributed by atoms with E-state index in [1.54, 1.807) is 7.11 Å². The van der Waals surface area contributed by atoms with E-state index in [4.69, 9.17) is 9.84 Å². The summed E-state index contributed by atoms with van der Waals surface area (Å²) in [6, 6.07) is 6.25. The molecule has 94 valence electrons. The van der Waals surface area contributed by atoms with E-state index < -0.39 is 0 Å². The smallest absolute Gasteiger partial charge is 0.126 e. The zero-order valence-electron chi connectivity index (χ0n) is 10.9. The third-order valence-electron chi connectivity index (χ3n) is 2.85. The first kappa shape index (κ1) is 13.8. The lowest BCUT2D eigenvalue weighted by Gasteiger charge is -2.07. The fraction of sp³-hybridized carbons (Fsp3) is 0.467. The van der Waals surface area contributed by atoms with Crippen LogP contribution in [0.3, 0.4) is 0 Å². The molecule has 2 heteroatoms. The topological polar surface area (TPSA) is 29.5 Å². The lowest BCUT2D eigenvalue weighted by Crippen LogP contribution is -1.97. The minimum Gasteiger partial charge on any atom is -0.496 e. The highest BCUT2D eigenvalue weighted by Crippen LogP contribution is 2.22. The Labute approximate surface area is 104 Å². The largest absolute Gasteiger partial charge is 0.496 e. The standard InChI is InChI=1S/C15H22O2/c1-4-13-8-9-15(17-3)14(10-13)7-5-6-12(2)11-16/h5,7-10,12,16H,4,6,11H2,1-3H3/b7-5+/t12-/m1/s1. The number of hydrogen-bond donors (Lipinski definition) is 1. The molecule has 0 aliphatic rings. The fourth-order valence-corrected chi connectivity index (χ4v) is 1.64. The van der Waals surface area contributed by atoms with Crippen molar-refractivity contribution in [1.29, 1.82) is 0 Å². The van der Waals surface area contributed by atoms with Crippen LogP contribution in [0.4, 0.5) is 0 Å². The molecule has 0 unspecified atom stereocenters. The van der Waals surface area contributed by atoms with Gasteiger partial charge in [0.1, 0.15) is 5.75 Å². The summed E-state index contributed by atoms with van der Waals surface area (Å²) >= 11 is 0. The molecule has 0 fully saturated rings. The van der Waals surface area contributed by atoms with Gasteiger partial charge in [-0.25, -0.2) is 0 Å². The molecule has 0 bridgehead atoms. The van der Waals surface area contributed by atoms with E-state index in [1.807, 2.05) is 13.0 Å². The summed E-state index contributed by atoms with van der Waals surface area (Å²) < 4.78 is 5.33. The number of aliphatic hydroxyl groups excluding tert-OH is 1. The summed E-state index contributed by atoms with van der Waals surface area (Å²) in [6.45, 7) is 4.41. The van der Waals surface area contributed by atoms with Gasteiger partial charge in [0.25, 0.3) is 0 Å². The molecule has 0 aliphatic heterocycles. The van der Waals surface area contributed by atoms with Gasteiger partial charge >= 0.3 is 0 Å². The Balaban J connectivity index is 2.80. The van der Waals surface area contributed by atoms with E-state index >= 15 is 0 Å². The van der Waals surface area contributed by atoms with E-state index in [1.165, 1.54) is 5.56 Å². The van der Waals surface area contributed by atoms with Gasteiger partial charge in [-0.3, -0.25) is 0 Å². The molecule has 0 aliphatic carbocycles. The molecule has 0 saturated carbocycles. The summed E-state index contributed by atoms with van der Waals surface area (Å²) in [5.41, 5.74) is 2.41. The van der Waals surface area contributed by atoms with Crippen LogP contribution in [0.25, 0.3) is 6.08 Å². The zero-order chi connectivity index (χ0) is 12.7. The Morgan fingerprint density at radius 1 is 1.41 bits per heavy atom. The van der Waals surface area contributed by atoms with Crippen LogP contribution >= 0.6 is 0 Å². The van der Waals surface area contributed by atoms with Crippen LogP contribution in [0.1, 0.15) is 31.4 Å². The van der Waals surface area contributed by atoms with Gasteiger partial charge in [0.2, 0.25) is 0 Å². The summed E-state index contributed by atoms with van der Waals surface area (Å²) in [6.07, 6.45) is 6.08. The van der Waals surface area contributed by atoms with E-state index in [-0.39, 0.29) is 6.61 Å². The average molecular weight is 234 g/mol. The summed E-state index contributed by atoms with van der Waals surface area (Å²) in [5.74, 6) is 1.21. The molecule has 0 radical (unpaired) electrons. The first-order valence-electron chi connectivity index (χ1n) is 6.15. The van der Waals surface area contributed by atoms with Gasteiger partial charge in [-0.1, -0.05) is 32.1 Å². The molecule has 1 N–H and O–H groups in total. The Hall–Kier alpha value is -1.28. The quantitative estimate of drug-likeness (QED) is 0.818. The first-order chi connectivity index (χ1) is 8.21. The first-order valence-corrected chi connectivity index (χ1v) is 6.15. The molecule has 1 atom stereocenters. The molecule has 0 saturated heterocycles. The fourth-order valence-electron chi connectivity index (χ4n) is 1.64. The van der Waals surface area contributed by atoms with E-state index in [0.717, 1.165) is 24.2 Å². The number of allylic oxidation sites excluding steroid dienone is 1. The maximum Gasteiger partial charge on any atom is 0.126 e. The number of aliphatic hydroxyl groups is 1. The van der Waals surface area contributed by atoms with Gasteiger partial charge < -0.3 is 9.84 Å². The minimum absolute atomic E-state index is 0.233. The molecule has 0 amide bonds. The van der Waals surface area contributed by atoms with Crippen molar-refractivity contribution >= 4 is 6.08 Å². The highest BCUT2D eigenvalue weighted by molar-refractivity contribution is 5.58. The molecule has 0 heterocycles. The maximum atomic E-state index is 8.96. The van der Waals surface area contributed by atoms with E-state index in [2.05, 4.69) is 31.2 Å². The lowest BCUT2D eigenvalue weighted by molar-refractivity contribution is 0.239. The number of ether oxygens (including phenoxy) is 1. The Bertz CT molecular complexity index is 369. The summed E-state index contributed by atoms with van der Waals surface area (Å²) in [7, 11) is 1.69. The monoisotopic (exact) mass is 234 g/mol. The van der Waals surface area contributed by atoms with E-state index in [9.17, 15) is 0 Å². The van der Waals surface area contributed by atoms with Crippen molar-refractivity contribution in [3.8, 4) is 5.75 Å². The van der Waals surface area contributed by atoms with Gasteiger partial charge in [-0.2, -0.15) is 0 Å². The maximum absolute atomic E-state index is 8.96. The number of hydrogen-bond acceptors (Lipinski definition) is 2. The molecule has 17 heavy (non-hydrogen) atoms. The Morgan fingerprint density at radius 2 is 2.18 bits per heavy atom. The van der Waals surface area contributed by atoms with Crippen molar-refractivity contribution in [3.05, 3.63) is 35.4 Å². The lowest BCUT2D eigenvalue weighted by atomic mass is 10.0. The third kappa shape index (κ3) is 4.23. The molecule has 0 aromatic heterocycles. The number of benzene rings is 1. The van der Waals surface area contributed by atoms with Crippen LogP contribution in [-0.2, 0) is 6.42 Å². The van der Waals surface area contributed by atoms with Crippen molar-refractivity contribution in [2.24, 2.45) is 5.92 Å². The van der Waals surface area contributed by atoms with Gasteiger partial charge in [0, 0.05) is 12.2 Å². The highest BCUT2D eigenvalue weighted by Gasteiger charge is 2.01. The molecular formula is C15H22O2. The SMILES string of the molecule is CCc1ccc(OC)c(/C=C/C[C@@H](C)CO)c1. The minimum atomic E-state index is 0.233. The molecule has 1 aromatic rings. The predicted molar refractivity (Wildman–Crippen MR) is 72.3 cm³/mol. The molecule has 1 aromatic carbocycles. The molecule has 2 nitrogen and oxygen atoms in total. The molecule has 1 rings (SSSR count). The van der Waals surface area contributed by atoms with E-state index in [0.29, 0.717) is 5.92 Å². The average Bonchev–Trinajstić information content (AvgIpc) is 2.38. The number of rotatable bonds is 6. The summed E-state index contributed by atoms with van der Waals surface area (Å²) in [5, 5.41) is 8.96. The summed E-state index contributed by atoms with van der Waals surface area (Å²) in [4.78, 5) is 0. The second-order valence-electron chi connectivity index (χ2n) is 4.36. The normalized spacial score (nSPS) is 12.9. The second-order valence-corrected chi connectivity index (χ2v) is 4.36. The molecular weight excluding hydrogens is 212 g/mol. The van der Waals surface area contributed by atoms with Crippen molar-refractivity contribution in [2.75, 3.05) is 13.7 Å². The van der Waals surface area contributed by atoms with Gasteiger partial charge in [-0.15, -0.1) is 0 Å². The van der Waals surface area contributed by atoms with Crippen molar-refractivity contribution in [2.45, 2.75) is 26.7 Å². The zero-order valence-corrected chi connectivity index (χ0v) is 10.9. The third-order valence-corrected chi connectivity index (χ3v) is 2.85. The van der Waals surface area contributed by atoms with Crippen LogP contribution in [-0.4, -0.2) is 18.8 Å². The van der Waals surface area contributed by atoms with Gasteiger partial charge in [0.05, 0.1) is 7.11 Å². The van der Waals surface area contributed by atoms with Crippen LogP contribution in [0.15, 0.2) is 24.3 Å². The predicted octanol–water partition coefficient (Wildman–Crippen LogP) is 3.29. The number of aryl methyl sites for hydroxylation is 1. The Kier molecular flexibility index (Phi) is 5.78. The number of methoxy groups -OCH3 is 1. The highest BCUT2D eigenvalue weighted by atomic mass is 16.5. The Morgan fingerprint density at radius 3 is 2.76 bits per heavy atom. The van der Waals surface area contributed by atoms with Crippen molar-refractivity contribution in [3.63, 3.8) is 0 Å².